The molecule has 3 aliphatic rings. The Balaban J connectivity index is 1.59. The number of ketones is 1. The number of carbonyl (C=O) groups excluding carboxylic acids is 3. The number of hydrogen-bond acceptors (Lipinski definition) is 9. The van der Waals surface area contributed by atoms with E-state index in [9.17, 15) is 19.5 Å². The van der Waals surface area contributed by atoms with E-state index in [2.05, 4.69) is 6.92 Å². The van der Waals surface area contributed by atoms with Gasteiger partial charge in [-0.3, -0.25) is 9.59 Å². The fraction of sp³-hybridized carbons (Fsp3) is 0.903. The molecule has 9 atom stereocenters. The summed E-state index contributed by atoms with van der Waals surface area (Å²) in [6, 6.07) is -0.866. The van der Waals surface area contributed by atoms with Crippen LogP contribution in [0.3, 0.4) is 0 Å². The summed E-state index contributed by atoms with van der Waals surface area (Å²) in [6.07, 6.45) is 5.86. The van der Waals surface area contributed by atoms with Gasteiger partial charge in [-0.15, -0.1) is 0 Å². The third-order valence-electron chi connectivity index (χ3n) is 9.56. The first kappa shape index (κ1) is 33.9. The van der Waals surface area contributed by atoms with Crippen LogP contribution in [0.1, 0.15) is 92.4 Å². The number of esters is 1. The Bertz CT molecular complexity index is 882. The van der Waals surface area contributed by atoms with Crippen molar-refractivity contribution < 1.29 is 43.5 Å². The molecule has 0 aromatic heterocycles. The summed E-state index contributed by atoms with van der Waals surface area (Å²) in [7, 11) is 1.68. The van der Waals surface area contributed by atoms with Crippen LogP contribution in [-0.2, 0) is 33.3 Å². The molecule has 10 heteroatoms. The van der Waals surface area contributed by atoms with Crippen molar-refractivity contribution in [1.29, 1.82) is 0 Å². The first-order chi connectivity index (χ1) is 19.4. The van der Waals surface area contributed by atoms with Crippen LogP contribution in [0.2, 0.25) is 0 Å². The van der Waals surface area contributed by atoms with Gasteiger partial charge in [0.25, 0.3) is 11.7 Å². The molecule has 1 amide bonds. The molecule has 1 unspecified atom stereocenters. The van der Waals surface area contributed by atoms with E-state index in [0.717, 1.165) is 32.1 Å². The normalized spacial score (nSPS) is 34.2. The Morgan fingerprint density at radius 1 is 1.02 bits per heavy atom. The lowest BCUT2D eigenvalue weighted by Gasteiger charge is -2.43. The van der Waals surface area contributed by atoms with E-state index >= 15 is 0 Å². The Hall–Kier alpha value is -1.59. The van der Waals surface area contributed by atoms with Crippen molar-refractivity contribution in [3.63, 3.8) is 0 Å². The minimum atomic E-state index is -2.19. The maximum Gasteiger partial charge on any atom is 0.329 e. The molecule has 2 N–H and O–H groups in total. The Morgan fingerprint density at radius 3 is 2.41 bits per heavy atom. The number of likely N-dealkylation sites (tertiary alicyclic amines) is 1. The molecular weight excluding hydrogens is 530 g/mol. The van der Waals surface area contributed by atoms with Crippen LogP contribution >= 0.6 is 0 Å². The van der Waals surface area contributed by atoms with E-state index in [1.807, 2.05) is 20.8 Å². The predicted molar refractivity (Wildman–Crippen MR) is 152 cm³/mol. The molecule has 2 aliphatic heterocycles. The fourth-order valence-electron chi connectivity index (χ4n) is 6.60. The molecule has 3 rings (SSSR count). The lowest BCUT2D eigenvalue weighted by molar-refractivity contribution is -0.269. The number of piperidine rings is 1. The van der Waals surface area contributed by atoms with Crippen LogP contribution in [0, 0.1) is 23.7 Å². The lowest BCUT2D eigenvalue weighted by Crippen LogP contribution is -2.61. The van der Waals surface area contributed by atoms with Crippen LogP contribution in [0.5, 0.6) is 0 Å². The molecule has 2 saturated heterocycles. The highest BCUT2D eigenvalue weighted by atomic mass is 16.6. The zero-order chi connectivity index (χ0) is 30.3. The first-order valence-corrected chi connectivity index (χ1v) is 15.6. The summed E-state index contributed by atoms with van der Waals surface area (Å²) in [5, 5.41) is 20.3. The van der Waals surface area contributed by atoms with Gasteiger partial charge < -0.3 is 34.1 Å². The quantitative estimate of drug-likeness (QED) is 0.262. The molecule has 0 radical (unpaired) electrons. The molecule has 10 nitrogen and oxygen atoms in total. The Morgan fingerprint density at radius 2 is 1.76 bits per heavy atom. The summed E-state index contributed by atoms with van der Waals surface area (Å²) in [4.78, 5) is 41.5. The largest absolute Gasteiger partial charge is 0.461 e. The number of aliphatic hydroxyl groups excluding tert-OH is 1. The molecule has 236 valence electrons. The van der Waals surface area contributed by atoms with Crippen molar-refractivity contribution >= 4 is 17.7 Å². The molecule has 3 fully saturated rings. The maximum atomic E-state index is 13.5. The number of rotatable bonds is 12. The third kappa shape index (κ3) is 8.28. The molecule has 41 heavy (non-hydrogen) atoms. The predicted octanol–water partition coefficient (Wildman–Crippen LogP) is 3.25. The summed E-state index contributed by atoms with van der Waals surface area (Å²) >= 11 is 0. The molecule has 2 heterocycles. The van der Waals surface area contributed by atoms with E-state index in [1.54, 1.807) is 14.0 Å². The van der Waals surface area contributed by atoms with Crippen LogP contribution in [0.4, 0.5) is 0 Å². The van der Waals surface area contributed by atoms with Gasteiger partial charge in [-0.25, -0.2) is 4.79 Å². The second kappa shape index (κ2) is 15.2. The number of carbonyl (C=O) groups is 3. The number of Topliss-reactive ketones (excluding diaryl/α,β-unsaturated/α-hetero) is 1. The summed E-state index contributed by atoms with van der Waals surface area (Å²) < 4.78 is 23.1. The van der Waals surface area contributed by atoms with Crippen LogP contribution in [-0.4, -0.2) is 95.9 Å². The van der Waals surface area contributed by atoms with E-state index in [0.29, 0.717) is 38.2 Å². The van der Waals surface area contributed by atoms with Gasteiger partial charge >= 0.3 is 5.97 Å². The van der Waals surface area contributed by atoms with Gasteiger partial charge in [0.2, 0.25) is 5.79 Å². The number of hydrogen-bond donors (Lipinski definition) is 2. The van der Waals surface area contributed by atoms with Crippen molar-refractivity contribution in [2.45, 2.75) is 129 Å². The smallest absolute Gasteiger partial charge is 0.329 e. The van der Waals surface area contributed by atoms with Crippen LogP contribution in [0.25, 0.3) is 0 Å². The Labute approximate surface area is 245 Å². The molecular formula is C31H53NO9. The van der Waals surface area contributed by atoms with Crippen molar-refractivity contribution in [2.24, 2.45) is 23.7 Å². The number of amides is 1. The highest BCUT2D eigenvalue weighted by Crippen LogP contribution is 2.37. The Kier molecular flexibility index (Phi) is 12.6. The minimum absolute atomic E-state index is 0.0131. The van der Waals surface area contributed by atoms with Gasteiger partial charge in [0.1, 0.15) is 12.1 Å². The highest BCUT2D eigenvalue weighted by Gasteiger charge is 2.53. The van der Waals surface area contributed by atoms with E-state index < -0.39 is 35.4 Å². The second-order valence-electron chi connectivity index (χ2n) is 12.9. The summed E-state index contributed by atoms with van der Waals surface area (Å²) in [5.74, 6) is -4.54. The van der Waals surface area contributed by atoms with Crippen LogP contribution < -0.4 is 0 Å². The van der Waals surface area contributed by atoms with Gasteiger partial charge in [-0.1, -0.05) is 27.7 Å². The van der Waals surface area contributed by atoms with E-state index in [-0.39, 0.29) is 49.4 Å². The van der Waals surface area contributed by atoms with Crippen molar-refractivity contribution in [3.05, 3.63) is 0 Å². The molecule has 1 aliphatic carbocycles. The summed E-state index contributed by atoms with van der Waals surface area (Å²) in [5.41, 5.74) is 0. The fourth-order valence-corrected chi connectivity index (χ4v) is 6.60. The standard InChI is InChI=1S/C31H53NO9/c1-19(2)25-12-10-21(4)31(37,41-25)28(34)29(35)32-14-8-7-9-24(32)30(36)40-22(5)20(3)17-23-11-13-26(39-16-15-33)27(18-23)38-6/h19-27,33,37H,7-18H2,1-6H3/t20-,21-,22+,23+,24+,25?,26-,27-,31-/m1/s1. The van der Waals surface area contributed by atoms with Gasteiger partial charge in [0.15, 0.2) is 0 Å². The number of aliphatic hydroxyl groups is 2. The molecule has 0 aromatic carbocycles. The topological polar surface area (TPSA) is 132 Å². The maximum absolute atomic E-state index is 13.5. The highest BCUT2D eigenvalue weighted by molar-refractivity contribution is 6.39. The van der Waals surface area contributed by atoms with Gasteiger partial charge in [0.05, 0.1) is 31.5 Å². The zero-order valence-corrected chi connectivity index (χ0v) is 25.9. The van der Waals surface area contributed by atoms with Crippen molar-refractivity contribution in [3.8, 4) is 0 Å². The molecule has 0 spiro atoms. The lowest BCUT2D eigenvalue weighted by atomic mass is 9.79. The van der Waals surface area contributed by atoms with Gasteiger partial charge in [-0.2, -0.15) is 0 Å². The van der Waals surface area contributed by atoms with Crippen LogP contribution in [0.15, 0.2) is 0 Å². The van der Waals surface area contributed by atoms with E-state index in [4.69, 9.17) is 24.1 Å². The monoisotopic (exact) mass is 583 g/mol. The SMILES string of the molecule is CO[C@@H]1C[C@H](C[C@@H](C)[C@H](C)OC(=O)[C@@H]2CCCCN2C(=O)C(=O)[C@]2(O)OC(C(C)C)CC[C@H]2C)CC[C@H]1OCCO. The minimum Gasteiger partial charge on any atom is -0.461 e. The number of methoxy groups -OCH3 is 1. The molecule has 0 bridgehead atoms. The average molecular weight is 584 g/mol. The summed E-state index contributed by atoms with van der Waals surface area (Å²) in [6.45, 7) is 10.1. The number of nitrogens with zero attached hydrogens (tertiary/aromatic N) is 1. The van der Waals surface area contributed by atoms with Crippen molar-refractivity contribution in [2.75, 3.05) is 26.9 Å². The number of ether oxygens (including phenoxy) is 4. The first-order valence-electron chi connectivity index (χ1n) is 15.6. The molecule has 1 saturated carbocycles. The van der Waals surface area contributed by atoms with E-state index in [1.165, 1.54) is 4.90 Å². The second-order valence-corrected chi connectivity index (χ2v) is 12.9. The third-order valence-corrected chi connectivity index (χ3v) is 9.56. The van der Waals surface area contributed by atoms with Gasteiger partial charge in [-0.05, 0) is 82.5 Å². The van der Waals surface area contributed by atoms with Gasteiger partial charge in [0, 0.05) is 19.6 Å². The molecule has 0 aromatic rings. The van der Waals surface area contributed by atoms with Crippen molar-refractivity contribution in [1.82, 2.24) is 4.90 Å². The average Bonchev–Trinajstić information content (AvgIpc) is 2.96. The zero-order valence-electron chi connectivity index (χ0n) is 25.9.